The summed E-state index contributed by atoms with van der Waals surface area (Å²) in [4.78, 5) is 22.8. The van der Waals surface area contributed by atoms with E-state index in [9.17, 15) is 14.9 Å². The molecule has 0 fully saturated rings. The molecule has 2 rings (SSSR count). The van der Waals surface area contributed by atoms with E-state index in [0.29, 0.717) is 0 Å². The molecule has 2 aromatic rings. The van der Waals surface area contributed by atoms with Crippen LogP contribution in [0.5, 0.6) is 5.75 Å². The average Bonchev–Trinajstić information content (AvgIpc) is 2.64. The van der Waals surface area contributed by atoms with Gasteiger partial charge in [0.05, 0.1) is 11.0 Å². The van der Waals surface area contributed by atoms with Crippen molar-refractivity contribution in [3.63, 3.8) is 0 Å². The van der Waals surface area contributed by atoms with E-state index < -0.39 is 4.92 Å². The minimum absolute atomic E-state index is 0.0843. The van der Waals surface area contributed by atoms with Gasteiger partial charge in [-0.1, -0.05) is 57.2 Å². The van der Waals surface area contributed by atoms with Gasteiger partial charge in [0.25, 0.3) is 5.91 Å². The maximum Gasteiger partial charge on any atom is 0.310 e. The molecule has 0 spiro atoms. The van der Waals surface area contributed by atoms with Crippen LogP contribution >= 0.6 is 0 Å². The predicted octanol–water partition coefficient (Wildman–Crippen LogP) is 4.05. The molecule has 1 unspecified atom stereocenters. The Morgan fingerprint density at radius 2 is 1.81 bits per heavy atom. The van der Waals surface area contributed by atoms with Gasteiger partial charge in [-0.3, -0.25) is 14.9 Å². The van der Waals surface area contributed by atoms with Crippen molar-refractivity contribution in [1.82, 2.24) is 5.32 Å². The van der Waals surface area contributed by atoms with Gasteiger partial charge in [-0.2, -0.15) is 0 Å². The lowest BCUT2D eigenvalue weighted by molar-refractivity contribution is -0.385. The van der Waals surface area contributed by atoms with E-state index in [-0.39, 0.29) is 35.9 Å². The number of nitro groups is 1. The largest absolute Gasteiger partial charge is 0.477 e. The van der Waals surface area contributed by atoms with Crippen LogP contribution in [0.4, 0.5) is 5.69 Å². The van der Waals surface area contributed by atoms with E-state index >= 15 is 0 Å². The molecule has 1 amide bonds. The normalized spacial score (nSPS) is 11.8. The summed E-state index contributed by atoms with van der Waals surface area (Å²) in [6.07, 6.45) is 0.961. The molecule has 2 aromatic carbocycles. The first-order chi connectivity index (χ1) is 12.4. The zero-order valence-electron chi connectivity index (χ0n) is 15.3. The molecule has 0 heterocycles. The third-order valence-electron chi connectivity index (χ3n) is 4.15. The summed E-state index contributed by atoms with van der Waals surface area (Å²) in [6.45, 7) is 5.88. The van der Waals surface area contributed by atoms with Gasteiger partial charge in [-0.25, -0.2) is 0 Å². The van der Waals surface area contributed by atoms with E-state index in [1.165, 1.54) is 17.7 Å². The number of aryl methyl sites for hydroxylation is 1. The van der Waals surface area contributed by atoms with E-state index in [1.54, 1.807) is 12.1 Å². The summed E-state index contributed by atoms with van der Waals surface area (Å²) in [6, 6.07) is 14.0. The number of nitro benzene ring substituents is 1. The van der Waals surface area contributed by atoms with Crippen LogP contribution in [0.3, 0.4) is 0 Å². The predicted molar refractivity (Wildman–Crippen MR) is 100 cm³/mol. The van der Waals surface area contributed by atoms with E-state index in [0.717, 1.165) is 12.0 Å². The number of hydrogen-bond donors (Lipinski definition) is 1. The lowest BCUT2D eigenvalue weighted by Crippen LogP contribution is -2.35. The van der Waals surface area contributed by atoms with Gasteiger partial charge >= 0.3 is 5.69 Å². The minimum atomic E-state index is -0.528. The Morgan fingerprint density at radius 1 is 1.15 bits per heavy atom. The standard InChI is InChI=1S/C20H24N2O4/c1-4-15-9-11-16(12-10-15)20(14(2)3)21-19(23)13-26-18-8-6-5-7-17(18)22(24)25/h5-12,14,20H,4,13H2,1-3H3,(H,21,23). The molecule has 138 valence electrons. The third kappa shape index (κ3) is 5.05. The molecule has 0 aliphatic rings. The molecule has 6 nitrogen and oxygen atoms in total. The number of rotatable bonds is 8. The molecule has 26 heavy (non-hydrogen) atoms. The second kappa shape index (κ2) is 8.99. The fraction of sp³-hybridized carbons (Fsp3) is 0.350. The van der Waals surface area contributed by atoms with Crippen molar-refractivity contribution in [2.45, 2.75) is 33.2 Å². The first-order valence-corrected chi connectivity index (χ1v) is 8.66. The molecule has 0 aliphatic carbocycles. The topological polar surface area (TPSA) is 81.5 Å². The van der Waals surface area contributed by atoms with E-state index in [1.807, 2.05) is 26.0 Å². The van der Waals surface area contributed by atoms with E-state index in [4.69, 9.17) is 4.74 Å². The highest BCUT2D eigenvalue weighted by molar-refractivity contribution is 5.78. The SMILES string of the molecule is CCc1ccc(C(NC(=O)COc2ccccc2[N+](=O)[O-])C(C)C)cc1. The van der Waals surface area contributed by atoms with Crippen LogP contribution in [0.2, 0.25) is 0 Å². The number of benzene rings is 2. The van der Waals surface area contributed by atoms with Crippen LogP contribution in [0.25, 0.3) is 0 Å². The van der Waals surface area contributed by atoms with Crippen molar-refractivity contribution in [3.8, 4) is 5.75 Å². The second-order valence-electron chi connectivity index (χ2n) is 6.40. The summed E-state index contributed by atoms with van der Waals surface area (Å²) in [5.41, 5.74) is 2.11. The zero-order valence-corrected chi connectivity index (χ0v) is 15.3. The maximum atomic E-state index is 12.3. The van der Waals surface area contributed by atoms with Crippen molar-refractivity contribution in [2.75, 3.05) is 6.61 Å². The highest BCUT2D eigenvalue weighted by Crippen LogP contribution is 2.26. The van der Waals surface area contributed by atoms with Gasteiger partial charge in [0.1, 0.15) is 0 Å². The van der Waals surface area contributed by atoms with Crippen molar-refractivity contribution in [3.05, 3.63) is 69.8 Å². The fourth-order valence-electron chi connectivity index (χ4n) is 2.68. The number of carbonyl (C=O) groups excluding carboxylic acids is 1. The highest BCUT2D eigenvalue weighted by Gasteiger charge is 2.20. The molecule has 0 aromatic heterocycles. The van der Waals surface area contributed by atoms with Gasteiger partial charge in [0, 0.05) is 6.07 Å². The van der Waals surface area contributed by atoms with Crippen LogP contribution in [0, 0.1) is 16.0 Å². The molecule has 1 atom stereocenters. The first kappa shape index (κ1) is 19.4. The van der Waals surface area contributed by atoms with Crippen LogP contribution in [-0.2, 0) is 11.2 Å². The molecule has 0 saturated carbocycles. The molecule has 6 heteroatoms. The molecular weight excluding hydrogens is 332 g/mol. The van der Waals surface area contributed by atoms with Crippen LogP contribution in [-0.4, -0.2) is 17.4 Å². The zero-order chi connectivity index (χ0) is 19.1. The van der Waals surface area contributed by atoms with Crippen LogP contribution in [0.1, 0.15) is 37.9 Å². The Bertz CT molecular complexity index is 757. The van der Waals surface area contributed by atoms with Crippen LogP contribution in [0.15, 0.2) is 48.5 Å². The molecule has 1 N–H and O–H groups in total. The number of nitrogens with one attached hydrogen (secondary N) is 1. The molecule has 0 radical (unpaired) electrons. The summed E-state index contributed by atoms with van der Waals surface area (Å²) in [5.74, 6) is -0.0417. The van der Waals surface area contributed by atoms with Crippen LogP contribution < -0.4 is 10.1 Å². The smallest absolute Gasteiger partial charge is 0.310 e. The number of carbonyl (C=O) groups is 1. The van der Waals surface area contributed by atoms with Gasteiger partial charge in [-0.15, -0.1) is 0 Å². The van der Waals surface area contributed by atoms with Crippen molar-refractivity contribution >= 4 is 11.6 Å². The summed E-state index contributed by atoms with van der Waals surface area (Å²) < 4.78 is 5.36. The Morgan fingerprint density at radius 3 is 2.38 bits per heavy atom. The Labute approximate surface area is 153 Å². The summed E-state index contributed by atoms with van der Waals surface area (Å²) in [7, 11) is 0. The molecular formula is C20H24N2O4. The maximum absolute atomic E-state index is 12.3. The molecule has 0 bridgehead atoms. The third-order valence-corrected chi connectivity index (χ3v) is 4.15. The lowest BCUT2D eigenvalue weighted by atomic mass is 9.95. The van der Waals surface area contributed by atoms with Crippen molar-refractivity contribution in [2.24, 2.45) is 5.92 Å². The number of amides is 1. The second-order valence-corrected chi connectivity index (χ2v) is 6.40. The number of para-hydroxylation sites is 2. The molecule has 0 saturated heterocycles. The van der Waals surface area contributed by atoms with Crippen molar-refractivity contribution < 1.29 is 14.5 Å². The van der Waals surface area contributed by atoms with Gasteiger partial charge in [0.15, 0.2) is 12.4 Å². The Kier molecular flexibility index (Phi) is 6.72. The van der Waals surface area contributed by atoms with Gasteiger partial charge in [-0.05, 0) is 29.5 Å². The van der Waals surface area contributed by atoms with Gasteiger partial charge in [0.2, 0.25) is 0 Å². The Hall–Kier alpha value is -2.89. The number of hydrogen-bond acceptors (Lipinski definition) is 4. The first-order valence-electron chi connectivity index (χ1n) is 8.66. The number of ether oxygens (including phenoxy) is 1. The minimum Gasteiger partial charge on any atom is -0.477 e. The number of nitrogens with zero attached hydrogens (tertiary/aromatic N) is 1. The molecule has 0 aliphatic heterocycles. The average molecular weight is 356 g/mol. The van der Waals surface area contributed by atoms with E-state index in [2.05, 4.69) is 24.4 Å². The Balaban J connectivity index is 2.03. The monoisotopic (exact) mass is 356 g/mol. The quantitative estimate of drug-likeness (QED) is 0.571. The summed E-state index contributed by atoms with van der Waals surface area (Å²) >= 11 is 0. The van der Waals surface area contributed by atoms with Gasteiger partial charge < -0.3 is 10.1 Å². The van der Waals surface area contributed by atoms with Crippen molar-refractivity contribution in [1.29, 1.82) is 0 Å². The lowest BCUT2D eigenvalue weighted by Gasteiger charge is -2.23. The highest BCUT2D eigenvalue weighted by atomic mass is 16.6. The summed E-state index contributed by atoms with van der Waals surface area (Å²) in [5, 5.41) is 14.0. The fourth-order valence-corrected chi connectivity index (χ4v) is 2.68.